The predicted octanol–water partition coefficient (Wildman–Crippen LogP) is 3.68. The maximum Gasteiger partial charge on any atom is 0.107 e. The molecule has 0 aliphatic heterocycles. The van der Waals surface area contributed by atoms with Crippen molar-refractivity contribution in [1.82, 2.24) is 14.5 Å². The lowest BCUT2D eigenvalue weighted by atomic mass is 10.1. The van der Waals surface area contributed by atoms with Gasteiger partial charge in [-0.2, -0.15) is 0 Å². The number of aromatic nitrogens is 3. The van der Waals surface area contributed by atoms with Crippen LogP contribution in [-0.2, 0) is 11.9 Å². The molecule has 3 nitrogen and oxygen atoms in total. The van der Waals surface area contributed by atoms with Crippen molar-refractivity contribution in [3.63, 3.8) is 0 Å². The van der Waals surface area contributed by atoms with Crippen LogP contribution in [0.3, 0.4) is 0 Å². The van der Waals surface area contributed by atoms with E-state index >= 15 is 0 Å². The van der Waals surface area contributed by atoms with E-state index in [1.807, 2.05) is 25.4 Å². The molecule has 0 radical (unpaired) electrons. The van der Waals surface area contributed by atoms with Crippen LogP contribution < -0.4 is 0 Å². The average Bonchev–Trinajstić information content (AvgIpc) is 2.76. The zero-order valence-corrected chi connectivity index (χ0v) is 12.3. The fourth-order valence-electron chi connectivity index (χ4n) is 2.22. The van der Waals surface area contributed by atoms with E-state index in [1.165, 1.54) is 11.1 Å². The summed E-state index contributed by atoms with van der Waals surface area (Å²) in [6.45, 7) is 2.88. The lowest BCUT2D eigenvalue weighted by Gasteiger charge is -2.07. The first-order valence-corrected chi connectivity index (χ1v) is 7.30. The summed E-state index contributed by atoms with van der Waals surface area (Å²) in [5, 5.41) is 0.895. The molecular formula is C15H14BrN3. The van der Waals surface area contributed by atoms with Crippen LogP contribution >= 0.6 is 15.9 Å². The minimum atomic E-state index is 0.842. The van der Waals surface area contributed by atoms with Crippen molar-refractivity contribution in [3.05, 3.63) is 59.7 Å². The molecule has 0 unspecified atom stereocenters. The third kappa shape index (κ3) is 2.40. The standard InChI is InChI=1S/C15H14BrN3/c1-11-18-14-9-17-7-6-15(14)19(11)10-13-4-2-12(8-16)3-5-13/h2-7,9H,8,10H2,1H3. The molecule has 19 heavy (non-hydrogen) atoms. The van der Waals surface area contributed by atoms with Crippen LogP contribution in [-0.4, -0.2) is 14.5 Å². The zero-order valence-electron chi connectivity index (χ0n) is 10.7. The normalized spacial score (nSPS) is 11.1. The number of aryl methyl sites for hydroxylation is 1. The Kier molecular flexibility index (Phi) is 3.34. The average molecular weight is 316 g/mol. The lowest BCUT2D eigenvalue weighted by Crippen LogP contribution is -2.02. The lowest BCUT2D eigenvalue weighted by molar-refractivity contribution is 0.785. The number of benzene rings is 1. The van der Waals surface area contributed by atoms with Gasteiger partial charge in [-0.15, -0.1) is 0 Å². The summed E-state index contributed by atoms with van der Waals surface area (Å²) >= 11 is 3.46. The highest BCUT2D eigenvalue weighted by Crippen LogP contribution is 2.17. The van der Waals surface area contributed by atoms with E-state index < -0.39 is 0 Å². The van der Waals surface area contributed by atoms with Gasteiger partial charge in [-0.25, -0.2) is 4.98 Å². The third-order valence-electron chi connectivity index (χ3n) is 3.26. The summed E-state index contributed by atoms with van der Waals surface area (Å²) in [6, 6.07) is 10.7. The van der Waals surface area contributed by atoms with Crippen molar-refractivity contribution >= 4 is 27.0 Å². The van der Waals surface area contributed by atoms with Crippen LogP contribution in [0.2, 0.25) is 0 Å². The van der Waals surface area contributed by atoms with Gasteiger partial charge in [-0.1, -0.05) is 40.2 Å². The highest BCUT2D eigenvalue weighted by atomic mass is 79.9. The van der Waals surface area contributed by atoms with Crippen molar-refractivity contribution < 1.29 is 0 Å². The van der Waals surface area contributed by atoms with Crippen LogP contribution in [0, 0.1) is 6.92 Å². The molecule has 96 valence electrons. The number of rotatable bonds is 3. The number of pyridine rings is 1. The van der Waals surface area contributed by atoms with Gasteiger partial charge < -0.3 is 4.57 Å². The second-order valence-electron chi connectivity index (χ2n) is 4.56. The van der Waals surface area contributed by atoms with E-state index in [4.69, 9.17) is 0 Å². The van der Waals surface area contributed by atoms with Crippen LogP contribution in [0.15, 0.2) is 42.7 Å². The summed E-state index contributed by atoms with van der Waals surface area (Å²) in [5.74, 6) is 1.02. The number of nitrogens with zero attached hydrogens (tertiary/aromatic N) is 3. The number of hydrogen-bond acceptors (Lipinski definition) is 2. The molecule has 0 spiro atoms. The summed E-state index contributed by atoms with van der Waals surface area (Å²) in [7, 11) is 0. The number of imidazole rings is 1. The maximum atomic E-state index is 4.54. The largest absolute Gasteiger partial charge is 0.324 e. The Morgan fingerprint density at radius 1 is 1.11 bits per heavy atom. The monoisotopic (exact) mass is 315 g/mol. The number of fused-ring (bicyclic) bond motifs is 1. The summed E-state index contributed by atoms with van der Waals surface area (Å²) < 4.78 is 2.22. The molecule has 2 aromatic heterocycles. The number of halogens is 1. The maximum absolute atomic E-state index is 4.54. The molecule has 0 aliphatic carbocycles. The Balaban J connectivity index is 1.98. The number of hydrogen-bond donors (Lipinski definition) is 0. The Hall–Kier alpha value is -1.68. The predicted molar refractivity (Wildman–Crippen MR) is 80.4 cm³/mol. The topological polar surface area (TPSA) is 30.7 Å². The molecule has 4 heteroatoms. The molecule has 0 atom stereocenters. The molecule has 2 heterocycles. The van der Waals surface area contributed by atoms with Crippen LogP contribution in [0.4, 0.5) is 0 Å². The van der Waals surface area contributed by atoms with Crippen LogP contribution in [0.5, 0.6) is 0 Å². The van der Waals surface area contributed by atoms with Gasteiger partial charge in [0.15, 0.2) is 0 Å². The third-order valence-corrected chi connectivity index (χ3v) is 3.91. The molecule has 0 bridgehead atoms. The van der Waals surface area contributed by atoms with Gasteiger partial charge in [0.25, 0.3) is 0 Å². The Morgan fingerprint density at radius 3 is 2.58 bits per heavy atom. The fourth-order valence-corrected chi connectivity index (χ4v) is 2.59. The minimum absolute atomic E-state index is 0.842. The Morgan fingerprint density at radius 2 is 1.84 bits per heavy atom. The second-order valence-corrected chi connectivity index (χ2v) is 5.12. The van der Waals surface area contributed by atoms with E-state index in [9.17, 15) is 0 Å². The molecule has 1 aromatic carbocycles. The van der Waals surface area contributed by atoms with E-state index in [0.29, 0.717) is 0 Å². The van der Waals surface area contributed by atoms with Gasteiger partial charge in [0.05, 0.1) is 11.7 Å². The van der Waals surface area contributed by atoms with Crippen molar-refractivity contribution in [2.24, 2.45) is 0 Å². The molecular weight excluding hydrogens is 302 g/mol. The van der Waals surface area contributed by atoms with Crippen molar-refractivity contribution in [3.8, 4) is 0 Å². The molecule has 3 aromatic rings. The van der Waals surface area contributed by atoms with Crippen molar-refractivity contribution in [2.75, 3.05) is 0 Å². The highest BCUT2D eigenvalue weighted by molar-refractivity contribution is 9.08. The molecule has 0 saturated carbocycles. The first kappa shape index (κ1) is 12.4. The molecule has 0 aliphatic rings. The molecule has 0 N–H and O–H groups in total. The van der Waals surface area contributed by atoms with Gasteiger partial charge in [-0.05, 0) is 24.1 Å². The quantitative estimate of drug-likeness (QED) is 0.690. The molecule has 0 saturated heterocycles. The fraction of sp³-hybridized carbons (Fsp3) is 0.200. The Labute approximate surface area is 120 Å². The number of alkyl halides is 1. The van der Waals surface area contributed by atoms with Gasteiger partial charge in [0, 0.05) is 18.1 Å². The minimum Gasteiger partial charge on any atom is -0.324 e. The van der Waals surface area contributed by atoms with Crippen molar-refractivity contribution in [1.29, 1.82) is 0 Å². The van der Waals surface area contributed by atoms with E-state index in [2.05, 4.69) is 54.7 Å². The molecule has 3 rings (SSSR count). The molecule has 0 amide bonds. The second kappa shape index (κ2) is 5.13. The van der Waals surface area contributed by atoms with Gasteiger partial charge in [-0.3, -0.25) is 4.98 Å². The SMILES string of the molecule is Cc1nc2cnccc2n1Cc1ccc(CBr)cc1. The van der Waals surface area contributed by atoms with Crippen molar-refractivity contribution in [2.45, 2.75) is 18.8 Å². The first-order chi connectivity index (χ1) is 9.28. The Bertz CT molecular complexity index is 701. The van der Waals surface area contributed by atoms with Gasteiger partial charge in [0.2, 0.25) is 0 Å². The zero-order chi connectivity index (χ0) is 13.2. The van der Waals surface area contributed by atoms with E-state index in [0.717, 1.165) is 28.7 Å². The summed E-state index contributed by atoms with van der Waals surface area (Å²) in [5.41, 5.74) is 4.67. The highest BCUT2D eigenvalue weighted by Gasteiger charge is 2.07. The molecule has 0 fully saturated rings. The summed E-state index contributed by atoms with van der Waals surface area (Å²) in [6.07, 6.45) is 3.63. The summed E-state index contributed by atoms with van der Waals surface area (Å²) in [4.78, 5) is 8.65. The van der Waals surface area contributed by atoms with Crippen LogP contribution in [0.25, 0.3) is 11.0 Å². The van der Waals surface area contributed by atoms with E-state index in [-0.39, 0.29) is 0 Å². The van der Waals surface area contributed by atoms with Gasteiger partial charge >= 0.3 is 0 Å². The van der Waals surface area contributed by atoms with E-state index in [1.54, 1.807) is 0 Å². The van der Waals surface area contributed by atoms with Crippen LogP contribution in [0.1, 0.15) is 17.0 Å². The van der Waals surface area contributed by atoms with Gasteiger partial charge in [0.1, 0.15) is 11.3 Å². The smallest absolute Gasteiger partial charge is 0.107 e. The first-order valence-electron chi connectivity index (χ1n) is 6.18.